The second kappa shape index (κ2) is 8.33. The molecule has 1 aliphatic heterocycles. The lowest BCUT2D eigenvalue weighted by molar-refractivity contribution is 0.169. The van der Waals surface area contributed by atoms with E-state index in [9.17, 15) is 13.2 Å². The van der Waals surface area contributed by atoms with Crippen molar-refractivity contribution in [2.45, 2.75) is 44.6 Å². The van der Waals surface area contributed by atoms with Crippen molar-refractivity contribution >= 4 is 15.9 Å². The number of carbonyl (C=O) groups is 1. The van der Waals surface area contributed by atoms with Crippen molar-refractivity contribution in [3.63, 3.8) is 0 Å². The Kier molecular flexibility index (Phi) is 6.71. The number of nitrogens with one attached hydrogen (secondary N) is 1. The van der Waals surface area contributed by atoms with Gasteiger partial charge in [0.05, 0.1) is 11.5 Å². The van der Waals surface area contributed by atoms with Crippen LogP contribution >= 0.6 is 0 Å². The number of likely N-dealkylation sites (N-methyl/N-ethyl adjacent to an activating group) is 1. The summed E-state index contributed by atoms with van der Waals surface area (Å²) in [6, 6.07) is -0.319. The molecular formula is C16H31N3O3S. The van der Waals surface area contributed by atoms with Gasteiger partial charge in [-0.25, -0.2) is 13.2 Å². The van der Waals surface area contributed by atoms with Gasteiger partial charge in [0.25, 0.3) is 0 Å². The number of sulfone groups is 1. The molecule has 0 radical (unpaired) electrons. The summed E-state index contributed by atoms with van der Waals surface area (Å²) in [4.78, 5) is 16.6. The molecule has 1 heterocycles. The molecule has 6 nitrogen and oxygen atoms in total. The SMILES string of the molecule is CN(C)CCN(CC1CCCCC1)C(=O)N[C@H]1CCS(=O)(=O)C1. The molecule has 134 valence electrons. The number of carbonyl (C=O) groups excluding carboxylic acids is 1. The molecule has 1 saturated heterocycles. The topological polar surface area (TPSA) is 69.7 Å². The van der Waals surface area contributed by atoms with Gasteiger partial charge in [-0.05, 0) is 39.3 Å². The van der Waals surface area contributed by atoms with Crippen molar-refractivity contribution in [3.8, 4) is 0 Å². The molecule has 0 spiro atoms. The molecule has 0 aromatic rings. The highest BCUT2D eigenvalue weighted by Gasteiger charge is 2.30. The fourth-order valence-corrected chi connectivity index (χ4v) is 5.13. The molecule has 1 saturated carbocycles. The molecule has 1 atom stereocenters. The molecule has 0 aromatic heterocycles. The minimum absolute atomic E-state index is 0.0870. The maximum atomic E-state index is 12.6. The fraction of sp³-hybridized carbons (Fsp3) is 0.938. The minimum atomic E-state index is -2.96. The Morgan fingerprint density at radius 2 is 1.78 bits per heavy atom. The maximum absolute atomic E-state index is 12.6. The summed E-state index contributed by atoms with van der Waals surface area (Å²) >= 11 is 0. The molecule has 7 heteroatoms. The summed E-state index contributed by atoms with van der Waals surface area (Å²) in [5.74, 6) is 0.867. The van der Waals surface area contributed by atoms with Crippen LogP contribution in [0.1, 0.15) is 38.5 Å². The second-order valence-corrected chi connectivity index (χ2v) is 9.53. The van der Waals surface area contributed by atoms with Crippen LogP contribution in [0.4, 0.5) is 4.79 Å². The monoisotopic (exact) mass is 345 g/mol. The van der Waals surface area contributed by atoms with Crippen molar-refractivity contribution in [3.05, 3.63) is 0 Å². The van der Waals surface area contributed by atoms with Gasteiger partial charge in [-0.3, -0.25) is 0 Å². The van der Waals surface area contributed by atoms with Gasteiger partial charge in [-0.2, -0.15) is 0 Å². The van der Waals surface area contributed by atoms with Crippen molar-refractivity contribution < 1.29 is 13.2 Å². The Balaban J connectivity index is 1.90. The van der Waals surface area contributed by atoms with E-state index in [1.165, 1.54) is 32.1 Å². The number of rotatable bonds is 6. The average Bonchev–Trinajstić information content (AvgIpc) is 2.83. The fourth-order valence-electron chi connectivity index (χ4n) is 3.45. The van der Waals surface area contributed by atoms with E-state index in [4.69, 9.17) is 0 Å². The number of urea groups is 1. The quantitative estimate of drug-likeness (QED) is 0.788. The van der Waals surface area contributed by atoms with E-state index < -0.39 is 9.84 Å². The van der Waals surface area contributed by atoms with Crippen LogP contribution in [0.2, 0.25) is 0 Å². The van der Waals surface area contributed by atoms with Crippen LogP contribution in [0, 0.1) is 5.92 Å². The third-order valence-electron chi connectivity index (χ3n) is 4.87. The number of nitrogens with zero attached hydrogens (tertiary/aromatic N) is 2. The standard InChI is InChI=1S/C16H31N3O3S/c1-18(2)9-10-19(12-14-6-4-3-5-7-14)16(20)17-15-8-11-23(21,22)13-15/h14-15H,3-13H2,1-2H3,(H,17,20)/t15-/m0/s1. The summed E-state index contributed by atoms with van der Waals surface area (Å²) in [5.41, 5.74) is 0. The number of hydrogen-bond acceptors (Lipinski definition) is 4. The lowest BCUT2D eigenvalue weighted by atomic mass is 9.89. The lowest BCUT2D eigenvalue weighted by Gasteiger charge is -2.31. The highest BCUT2D eigenvalue weighted by molar-refractivity contribution is 7.91. The molecule has 0 aromatic carbocycles. The van der Waals surface area contributed by atoms with Crippen LogP contribution in [0.5, 0.6) is 0 Å². The highest BCUT2D eigenvalue weighted by Crippen LogP contribution is 2.24. The first-order valence-corrected chi connectivity index (χ1v) is 10.6. The lowest BCUT2D eigenvalue weighted by Crippen LogP contribution is -2.49. The first-order valence-electron chi connectivity index (χ1n) is 8.76. The molecule has 2 fully saturated rings. The minimum Gasteiger partial charge on any atom is -0.334 e. The van der Waals surface area contributed by atoms with Crippen molar-refractivity contribution in [2.24, 2.45) is 5.92 Å². The second-order valence-electron chi connectivity index (χ2n) is 7.30. The molecule has 1 N–H and O–H groups in total. The van der Waals surface area contributed by atoms with Crippen LogP contribution in [-0.4, -0.2) is 75.5 Å². The zero-order chi connectivity index (χ0) is 16.9. The number of amides is 2. The predicted octanol–water partition coefficient (Wildman–Crippen LogP) is 1.33. The Hall–Kier alpha value is -0.820. The molecule has 2 rings (SSSR count). The van der Waals surface area contributed by atoms with Crippen LogP contribution in [0.3, 0.4) is 0 Å². The van der Waals surface area contributed by atoms with Gasteiger partial charge in [0.1, 0.15) is 0 Å². The molecule has 1 aliphatic carbocycles. The third kappa shape index (κ3) is 6.30. The predicted molar refractivity (Wildman–Crippen MR) is 92.3 cm³/mol. The van der Waals surface area contributed by atoms with Gasteiger partial charge in [-0.15, -0.1) is 0 Å². The van der Waals surface area contributed by atoms with E-state index >= 15 is 0 Å². The molecule has 23 heavy (non-hydrogen) atoms. The zero-order valence-corrected chi connectivity index (χ0v) is 15.3. The van der Waals surface area contributed by atoms with Gasteiger partial charge in [-0.1, -0.05) is 19.3 Å². The summed E-state index contributed by atoms with van der Waals surface area (Å²) < 4.78 is 23.1. The third-order valence-corrected chi connectivity index (χ3v) is 6.64. The molecular weight excluding hydrogens is 314 g/mol. The normalized spacial score (nSPS) is 24.7. The average molecular weight is 346 g/mol. The van der Waals surface area contributed by atoms with E-state index in [1.54, 1.807) is 0 Å². The van der Waals surface area contributed by atoms with Gasteiger partial charge >= 0.3 is 6.03 Å². The van der Waals surface area contributed by atoms with E-state index in [1.807, 2.05) is 19.0 Å². The largest absolute Gasteiger partial charge is 0.334 e. The molecule has 0 bridgehead atoms. The van der Waals surface area contributed by atoms with Crippen molar-refractivity contribution in [2.75, 3.05) is 45.2 Å². The van der Waals surface area contributed by atoms with E-state index in [0.717, 1.165) is 13.1 Å². The van der Waals surface area contributed by atoms with Crippen LogP contribution in [0.25, 0.3) is 0 Å². The van der Waals surface area contributed by atoms with Crippen LogP contribution in [0.15, 0.2) is 0 Å². The van der Waals surface area contributed by atoms with Gasteiger partial charge in [0.15, 0.2) is 9.84 Å². The summed E-state index contributed by atoms with van der Waals surface area (Å²) in [6.07, 6.45) is 6.76. The zero-order valence-electron chi connectivity index (χ0n) is 14.5. The summed E-state index contributed by atoms with van der Waals surface area (Å²) in [6.45, 7) is 2.30. The Morgan fingerprint density at radius 3 is 2.35 bits per heavy atom. The molecule has 2 amide bonds. The van der Waals surface area contributed by atoms with Gasteiger partial charge < -0.3 is 15.1 Å². The Labute approximate surface area is 140 Å². The number of hydrogen-bond donors (Lipinski definition) is 1. The Morgan fingerprint density at radius 1 is 1.09 bits per heavy atom. The van der Waals surface area contributed by atoms with E-state index in [0.29, 0.717) is 18.9 Å². The maximum Gasteiger partial charge on any atom is 0.317 e. The molecule has 0 unspecified atom stereocenters. The van der Waals surface area contributed by atoms with Gasteiger partial charge in [0, 0.05) is 25.7 Å². The summed E-state index contributed by atoms with van der Waals surface area (Å²) in [5, 5.41) is 2.94. The van der Waals surface area contributed by atoms with Crippen molar-refractivity contribution in [1.82, 2.24) is 15.1 Å². The van der Waals surface area contributed by atoms with Crippen LogP contribution in [-0.2, 0) is 9.84 Å². The van der Waals surface area contributed by atoms with E-state index in [2.05, 4.69) is 10.2 Å². The van der Waals surface area contributed by atoms with Crippen LogP contribution < -0.4 is 5.32 Å². The first-order chi connectivity index (χ1) is 10.9. The van der Waals surface area contributed by atoms with Gasteiger partial charge in [0.2, 0.25) is 0 Å². The van der Waals surface area contributed by atoms with Crippen molar-refractivity contribution in [1.29, 1.82) is 0 Å². The highest BCUT2D eigenvalue weighted by atomic mass is 32.2. The Bertz CT molecular complexity index is 487. The summed E-state index contributed by atoms with van der Waals surface area (Å²) in [7, 11) is 1.04. The smallest absolute Gasteiger partial charge is 0.317 e. The molecule has 2 aliphatic rings. The first kappa shape index (κ1) is 18.5. The van der Waals surface area contributed by atoms with E-state index in [-0.39, 0.29) is 23.6 Å².